The Bertz CT molecular complexity index is 616. The van der Waals surface area contributed by atoms with Crippen LogP contribution in [0.15, 0.2) is 24.3 Å². The van der Waals surface area contributed by atoms with Crippen molar-refractivity contribution in [2.75, 3.05) is 13.1 Å². The quantitative estimate of drug-likeness (QED) is 0.704. The van der Waals surface area contributed by atoms with Crippen molar-refractivity contribution in [2.45, 2.75) is 19.3 Å². The third-order valence-corrected chi connectivity index (χ3v) is 3.44. The van der Waals surface area contributed by atoms with Crippen LogP contribution in [-0.4, -0.2) is 24.9 Å². The van der Waals surface area contributed by atoms with Crippen molar-refractivity contribution in [3.05, 3.63) is 34.9 Å². The summed E-state index contributed by atoms with van der Waals surface area (Å²) >= 11 is 5.84. The van der Waals surface area contributed by atoms with Crippen LogP contribution in [0.5, 0.6) is 0 Å². The van der Waals surface area contributed by atoms with Gasteiger partial charge in [0.25, 0.3) is 0 Å². The lowest BCUT2D eigenvalue weighted by atomic mass is 9.93. The molecule has 1 rings (SSSR count). The van der Waals surface area contributed by atoms with Crippen LogP contribution in [0, 0.1) is 28.6 Å². The molecule has 7 heteroatoms. The topological polar surface area (TPSA) is 106 Å². The highest BCUT2D eigenvalue weighted by Crippen LogP contribution is 2.17. The molecule has 0 spiro atoms. The zero-order valence-corrected chi connectivity index (χ0v) is 13.3. The highest BCUT2D eigenvalue weighted by molar-refractivity contribution is 6.30. The molecule has 0 saturated carbocycles. The normalized spacial score (nSPS) is 10.9. The van der Waals surface area contributed by atoms with E-state index in [1.165, 1.54) is 0 Å². The second-order valence-corrected chi connectivity index (χ2v) is 5.31. The van der Waals surface area contributed by atoms with Gasteiger partial charge in [-0.15, -0.1) is 0 Å². The monoisotopic (exact) mass is 332 g/mol. The fourth-order valence-corrected chi connectivity index (χ4v) is 2.16. The lowest BCUT2D eigenvalue weighted by Gasteiger charge is -2.16. The third-order valence-electron chi connectivity index (χ3n) is 3.19. The van der Waals surface area contributed by atoms with E-state index in [2.05, 4.69) is 10.6 Å². The van der Waals surface area contributed by atoms with Crippen LogP contribution in [0.25, 0.3) is 0 Å². The molecule has 0 aliphatic carbocycles. The average molecular weight is 333 g/mol. The van der Waals surface area contributed by atoms with Gasteiger partial charge in [-0.3, -0.25) is 9.59 Å². The van der Waals surface area contributed by atoms with Crippen LogP contribution in [-0.2, 0) is 16.0 Å². The van der Waals surface area contributed by atoms with Crippen LogP contribution in [0.3, 0.4) is 0 Å². The molecule has 23 heavy (non-hydrogen) atoms. The number of carbonyl (C=O) groups is 2. The maximum atomic E-state index is 12.1. The van der Waals surface area contributed by atoms with E-state index < -0.39 is 5.92 Å². The van der Waals surface area contributed by atoms with Gasteiger partial charge in [0.05, 0.1) is 12.1 Å². The van der Waals surface area contributed by atoms with E-state index in [1.54, 1.807) is 12.1 Å². The largest absolute Gasteiger partial charge is 0.343 e. The summed E-state index contributed by atoms with van der Waals surface area (Å²) in [5.41, 5.74) is 0.920. The first-order valence-electron chi connectivity index (χ1n) is 7.09. The molecule has 1 atom stereocenters. The molecule has 0 aromatic heterocycles. The van der Waals surface area contributed by atoms with Crippen molar-refractivity contribution in [1.29, 1.82) is 10.5 Å². The first kappa shape index (κ1) is 18.5. The molecular formula is C16H17ClN4O2. The van der Waals surface area contributed by atoms with E-state index in [1.807, 2.05) is 24.3 Å². The van der Waals surface area contributed by atoms with Gasteiger partial charge in [0.2, 0.25) is 11.8 Å². The highest BCUT2D eigenvalue weighted by atomic mass is 35.5. The molecule has 2 amide bonds. The lowest BCUT2D eigenvalue weighted by Crippen LogP contribution is -2.33. The van der Waals surface area contributed by atoms with Crippen molar-refractivity contribution in [3.63, 3.8) is 0 Å². The summed E-state index contributed by atoms with van der Waals surface area (Å²) in [6.07, 6.45) is 0.914. The van der Waals surface area contributed by atoms with Crippen molar-refractivity contribution in [3.8, 4) is 12.1 Å². The van der Waals surface area contributed by atoms with Gasteiger partial charge in [0, 0.05) is 17.4 Å². The standard InChI is InChI=1S/C16H17ClN4O2/c17-14-4-1-12(2-5-14)11-13(16(23)21-10-8-19)3-6-15(22)20-9-7-18/h1-2,4-5,13H,3,6,9-11H2,(H,20,22)(H,21,23). The fourth-order valence-electron chi connectivity index (χ4n) is 2.03. The van der Waals surface area contributed by atoms with Crippen LogP contribution in [0.4, 0.5) is 0 Å². The minimum Gasteiger partial charge on any atom is -0.343 e. The van der Waals surface area contributed by atoms with Crippen LogP contribution in [0.1, 0.15) is 18.4 Å². The third kappa shape index (κ3) is 7.30. The summed E-state index contributed by atoms with van der Waals surface area (Å²) < 4.78 is 0. The minimum atomic E-state index is -0.433. The number of nitrogens with zero attached hydrogens (tertiary/aromatic N) is 2. The molecule has 1 aromatic rings. The Morgan fingerprint density at radius 3 is 2.30 bits per heavy atom. The van der Waals surface area contributed by atoms with Gasteiger partial charge in [0.1, 0.15) is 13.1 Å². The molecule has 120 valence electrons. The molecule has 0 aliphatic rings. The second-order valence-electron chi connectivity index (χ2n) is 4.88. The molecule has 0 aliphatic heterocycles. The Labute approximate surface area is 140 Å². The van der Waals surface area contributed by atoms with E-state index in [0.717, 1.165) is 5.56 Å². The van der Waals surface area contributed by atoms with Crippen LogP contribution < -0.4 is 10.6 Å². The zero-order valence-electron chi connectivity index (χ0n) is 12.5. The van der Waals surface area contributed by atoms with Crippen molar-refractivity contribution in [1.82, 2.24) is 10.6 Å². The van der Waals surface area contributed by atoms with Gasteiger partial charge >= 0.3 is 0 Å². The van der Waals surface area contributed by atoms with E-state index in [4.69, 9.17) is 22.1 Å². The summed E-state index contributed by atoms with van der Waals surface area (Å²) in [6.45, 7) is -0.127. The van der Waals surface area contributed by atoms with Gasteiger partial charge < -0.3 is 10.6 Å². The first-order valence-corrected chi connectivity index (χ1v) is 7.47. The number of benzene rings is 1. The molecule has 6 nitrogen and oxygen atoms in total. The predicted octanol–water partition coefficient (Wildman–Crippen LogP) is 1.56. The van der Waals surface area contributed by atoms with Crippen molar-refractivity contribution in [2.24, 2.45) is 5.92 Å². The van der Waals surface area contributed by atoms with E-state index in [9.17, 15) is 9.59 Å². The Hall–Kier alpha value is -2.57. The number of carbonyl (C=O) groups excluding carboxylic acids is 2. The number of hydrogen-bond donors (Lipinski definition) is 2. The summed E-state index contributed by atoms with van der Waals surface area (Å²) in [5, 5.41) is 22.6. The average Bonchev–Trinajstić information content (AvgIpc) is 2.56. The van der Waals surface area contributed by atoms with Crippen molar-refractivity contribution < 1.29 is 9.59 Å². The molecule has 0 bridgehead atoms. The van der Waals surface area contributed by atoms with Crippen LogP contribution >= 0.6 is 11.6 Å². The Morgan fingerprint density at radius 2 is 1.70 bits per heavy atom. The second kappa shape index (κ2) is 10.2. The molecule has 1 aromatic carbocycles. The highest BCUT2D eigenvalue weighted by Gasteiger charge is 2.20. The van der Waals surface area contributed by atoms with E-state index in [0.29, 0.717) is 17.9 Å². The Kier molecular flexibility index (Phi) is 8.20. The summed E-state index contributed by atoms with van der Waals surface area (Å²) in [6, 6.07) is 10.8. The Balaban J connectivity index is 2.67. The van der Waals surface area contributed by atoms with Gasteiger partial charge in [0.15, 0.2) is 0 Å². The fraction of sp³-hybridized carbons (Fsp3) is 0.375. The van der Waals surface area contributed by atoms with Crippen LogP contribution in [0.2, 0.25) is 5.02 Å². The molecule has 0 heterocycles. The number of halogens is 1. The maximum absolute atomic E-state index is 12.1. The lowest BCUT2D eigenvalue weighted by molar-refractivity contribution is -0.125. The van der Waals surface area contributed by atoms with Gasteiger partial charge in [-0.2, -0.15) is 10.5 Å². The Morgan fingerprint density at radius 1 is 1.09 bits per heavy atom. The first-order chi connectivity index (χ1) is 11.1. The number of rotatable bonds is 8. The molecule has 2 N–H and O–H groups in total. The smallest absolute Gasteiger partial charge is 0.224 e. The maximum Gasteiger partial charge on any atom is 0.224 e. The molecular weight excluding hydrogens is 316 g/mol. The van der Waals surface area contributed by atoms with E-state index >= 15 is 0 Å². The SMILES string of the molecule is N#CCNC(=O)CCC(Cc1ccc(Cl)cc1)C(=O)NCC#N. The summed E-state index contributed by atoms with van der Waals surface area (Å²) in [5.74, 6) is -0.979. The summed E-state index contributed by atoms with van der Waals surface area (Å²) in [4.78, 5) is 23.7. The van der Waals surface area contributed by atoms with Gasteiger partial charge in [-0.25, -0.2) is 0 Å². The number of nitrogens with one attached hydrogen (secondary N) is 2. The predicted molar refractivity (Wildman–Crippen MR) is 85.1 cm³/mol. The zero-order chi connectivity index (χ0) is 17.1. The minimum absolute atomic E-state index is 0.0543. The number of amides is 2. The molecule has 1 unspecified atom stereocenters. The molecule has 0 fully saturated rings. The van der Waals surface area contributed by atoms with Gasteiger partial charge in [-0.05, 0) is 30.5 Å². The van der Waals surface area contributed by atoms with E-state index in [-0.39, 0.29) is 31.3 Å². The van der Waals surface area contributed by atoms with Gasteiger partial charge in [-0.1, -0.05) is 23.7 Å². The molecule has 0 saturated heterocycles. The number of nitriles is 2. The number of hydrogen-bond acceptors (Lipinski definition) is 4. The summed E-state index contributed by atoms with van der Waals surface area (Å²) in [7, 11) is 0. The van der Waals surface area contributed by atoms with Crippen molar-refractivity contribution >= 4 is 23.4 Å². The molecule has 0 radical (unpaired) electrons.